The van der Waals surface area contributed by atoms with Crippen LogP contribution in [0.5, 0.6) is 0 Å². The van der Waals surface area contributed by atoms with Crippen LogP contribution in [-0.2, 0) is 15.3 Å². The highest BCUT2D eigenvalue weighted by atomic mass is 35.5. The van der Waals surface area contributed by atoms with Gasteiger partial charge in [-0.2, -0.15) is 0 Å². The molecule has 1 aliphatic heterocycles. The van der Waals surface area contributed by atoms with Crippen LogP contribution in [0.15, 0.2) is 84.9 Å². The van der Waals surface area contributed by atoms with Crippen LogP contribution < -0.4 is 0 Å². The first-order valence-corrected chi connectivity index (χ1v) is 13.1. The number of benzene rings is 5. The molecule has 5 aromatic rings. The van der Waals surface area contributed by atoms with Crippen molar-refractivity contribution >= 4 is 33.1 Å². The fraction of sp³-hybridized carbons (Fsp3) is 0.212. The summed E-state index contributed by atoms with van der Waals surface area (Å²) in [6.07, 6.45) is 0. The second kappa shape index (κ2) is 6.98. The lowest BCUT2D eigenvalue weighted by atomic mass is 9.84. The first kappa shape index (κ1) is 21.0. The summed E-state index contributed by atoms with van der Waals surface area (Å²) in [5.41, 5.74) is 9.28. The number of rotatable bonds is 1. The molecule has 1 atom stereocenters. The lowest BCUT2D eigenvalue weighted by Gasteiger charge is -2.43. The maximum atomic E-state index is 7.40. The summed E-state index contributed by atoms with van der Waals surface area (Å²) in [5.74, 6) is -0.953. The van der Waals surface area contributed by atoms with Gasteiger partial charge in [0.05, 0.1) is 18.6 Å². The van der Waals surface area contributed by atoms with Crippen molar-refractivity contribution in [2.45, 2.75) is 25.0 Å². The second-order valence-corrected chi connectivity index (χ2v) is 11.5. The number of halogens is 1. The van der Waals surface area contributed by atoms with Crippen LogP contribution >= 0.6 is 11.6 Å². The molecule has 1 unspecified atom stereocenters. The zero-order valence-corrected chi connectivity index (χ0v) is 21.0. The maximum Gasteiger partial charge on any atom is 0.224 e. The minimum atomic E-state index is -0.953. The van der Waals surface area contributed by atoms with Crippen LogP contribution in [0.2, 0.25) is 0 Å². The molecular weight excluding hydrogens is 464 g/mol. The Morgan fingerprint density at radius 2 is 1.50 bits per heavy atom. The monoisotopic (exact) mass is 488 g/mol. The summed E-state index contributed by atoms with van der Waals surface area (Å²) in [4.78, 5) is 0. The Labute approximate surface area is 215 Å². The van der Waals surface area contributed by atoms with Gasteiger partial charge < -0.3 is 9.47 Å². The van der Waals surface area contributed by atoms with Crippen LogP contribution in [0, 0.1) is 5.41 Å². The van der Waals surface area contributed by atoms with Gasteiger partial charge >= 0.3 is 0 Å². The predicted molar refractivity (Wildman–Crippen MR) is 146 cm³/mol. The first-order chi connectivity index (χ1) is 17.5. The van der Waals surface area contributed by atoms with Crippen molar-refractivity contribution in [2.75, 3.05) is 13.2 Å². The van der Waals surface area contributed by atoms with E-state index in [0.29, 0.717) is 13.2 Å². The van der Waals surface area contributed by atoms with E-state index in [2.05, 4.69) is 98.8 Å². The Bertz CT molecular complexity index is 1720. The van der Waals surface area contributed by atoms with Gasteiger partial charge in [0.1, 0.15) is 0 Å². The quantitative estimate of drug-likeness (QED) is 0.174. The zero-order chi connectivity index (χ0) is 24.2. The van der Waals surface area contributed by atoms with E-state index in [4.69, 9.17) is 21.1 Å². The highest BCUT2D eigenvalue weighted by Gasteiger charge is 2.53. The van der Waals surface area contributed by atoms with E-state index in [9.17, 15) is 0 Å². The van der Waals surface area contributed by atoms with Crippen molar-refractivity contribution in [1.29, 1.82) is 0 Å². The molecule has 2 aliphatic carbocycles. The minimum absolute atomic E-state index is 0.0521. The molecule has 8 rings (SSSR count). The lowest BCUT2D eigenvalue weighted by Crippen LogP contribution is -2.45. The number of ether oxygens (including phenoxy) is 2. The summed E-state index contributed by atoms with van der Waals surface area (Å²) in [6, 6.07) is 30.3. The van der Waals surface area contributed by atoms with E-state index in [1.54, 1.807) is 0 Å². The second-order valence-electron chi connectivity index (χ2n) is 11.1. The molecule has 1 fully saturated rings. The molecule has 0 bridgehead atoms. The molecule has 36 heavy (non-hydrogen) atoms. The standard InChI is InChI=1S/C33H25ClO2/c1-32(2)17-35-33(36-18-32)24-14-8-11-20-15-16-23-25(19-9-4-3-5-10-19)27-21-12-6-7-13-22(21)31(34)29(27)30(33)28(23)26(20)24/h3-16,31H,17-18H2,1-2H3. The maximum absolute atomic E-state index is 7.40. The average molecular weight is 489 g/mol. The molecule has 0 aromatic heterocycles. The summed E-state index contributed by atoms with van der Waals surface area (Å²) >= 11 is 7.40. The third-order valence-electron chi connectivity index (χ3n) is 8.19. The molecule has 5 aromatic carbocycles. The molecule has 0 radical (unpaired) electrons. The van der Waals surface area contributed by atoms with Crippen LogP contribution in [0.1, 0.15) is 41.5 Å². The van der Waals surface area contributed by atoms with Gasteiger partial charge in [-0.15, -0.1) is 11.6 Å². The lowest BCUT2D eigenvalue weighted by molar-refractivity contribution is -0.282. The number of hydrogen-bond donors (Lipinski definition) is 0. The first-order valence-electron chi connectivity index (χ1n) is 12.6. The molecule has 176 valence electrons. The summed E-state index contributed by atoms with van der Waals surface area (Å²) in [7, 11) is 0. The summed E-state index contributed by atoms with van der Waals surface area (Å²) < 4.78 is 13.7. The Morgan fingerprint density at radius 3 is 2.31 bits per heavy atom. The van der Waals surface area contributed by atoms with Crippen molar-refractivity contribution in [3.8, 4) is 22.3 Å². The highest BCUT2D eigenvalue weighted by Crippen LogP contribution is 2.62. The normalized spacial score (nSPS) is 20.4. The third-order valence-corrected chi connectivity index (χ3v) is 8.64. The van der Waals surface area contributed by atoms with E-state index < -0.39 is 5.79 Å². The fourth-order valence-corrected chi connectivity index (χ4v) is 7.05. The van der Waals surface area contributed by atoms with Crippen molar-refractivity contribution in [3.63, 3.8) is 0 Å². The van der Waals surface area contributed by atoms with Gasteiger partial charge in [-0.3, -0.25) is 0 Å². The average Bonchev–Trinajstić information content (AvgIpc) is 3.36. The molecule has 1 spiro atoms. The smallest absolute Gasteiger partial charge is 0.224 e. The molecule has 3 aliphatic rings. The molecule has 2 nitrogen and oxygen atoms in total. The van der Waals surface area contributed by atoms with Crippen LogP contribution in [0.3, 0.4) is 0 Å². The molecule has 0 amide bonds. The predicted octanol–water partition coefficient (Wildman–Crippen LogP) is 8.56. The van der Waals surface area contributed by atoms with Crippen LogP contribution in [0.25, 0.3) is 43.8 Å². The third kappa shape index (κ3) is 2.50. The summed E-state index contributed by atoms with van der Waals surface area (Å²) in [5, 5.41) is 4.60. The number of alkyl halides is 1. The Morgan fingerprint density at radius 1 is 0.750 bits per heavy atom. The van der Waals surface area contributed by atoms with Gasteiger partial charge in [0.2, 0.25) is 5.79 Å². The highest BCUT2D eigenvalue weighted by molar-refractivity contribution is 6.29. The zero-order valence-electron chi connectivity index (χ0n) is 20.3. The van der Waals surface area contributed by atoms with E-state index in [1.807, 2.05) is 0 Å². The fourth-order valence-electron chi connectivity index (χ4n) is 6.64. The Kier molecular flexibility index (Phi) is 4.07. The van der Waals surface area contributed by atoms with Crippen molar-refractivity contribution in [2.24, 2.45) is 5.41 Å². The van der Waals surface area contributed by atoms with E-state index >= 15 is 0 Å². The van der Waals surface area contributed by atoms with Gasteiger partial charge in [0, 0.05) is 16.5 Å². The molecule has 0 N–H and O–H groups in total. The minimum Gasteiger partial charge on any atom is -0.341 e. The topological polar surface area (TPSA) is 18.5 Å². The van der Waals surface area contributed by atoms with Crippen molar-refractivity contribution in [3.05, 3.63) is 107 Å². The van der Waals surface area contributed by atoms with Crippen molar-refractivity contribution in [1.82, 2.24) is 0 Å². The molecular formula is C33H25ClO2. The summed E-state index contributed by atoms with van der Waals surface area (Å²) in [6.45, 7) is 5.63. The SMILES string of the molecule is CC1(C)COC2(OC1)c1cccc3ccc4c(-c5ccccc5)c5c(c2c4c13)C(Cl)c1ccccc1-5. The Balaban J connectivity index is 1.60. The van der Waals surface area contributed by atoms with Gasteiger partial charge in [-0.25, -0.2) is 0 Å². The van der Waals surface area contributed by atoms with Gasteiger partial charge in [0.15, 0.2) is 0 Å². The molecule has 3 heteroatoms. The largest absolute Gasteiger partial charge is 0.341 e. The number of hydrogen-bond acceptors (Lipinski definition) is 2. The van der Waals surface area contributed by atoms with Crippen LogP contribution in [-0.4, -0.2) is 13.2 Å². The Hall–Kier alpha value is -3.17. The molecule has 1 heterocycles. The van der Waals surface area contributed by atoms with Gasteiger partial charge in [-0.1, -0.05) is 98.8 Å². The number of fused-ring (bicyclic) bond motifs is 6. The van der Waals surface area contributed by atoms with Gasteiger partial charge in [-0.05, 0) is 54.9 Å². The van der Waals surface area contributed by atoms with Crippen LogP contribution in [0.4, 0.5) is 0 Å². The van der Waals surface area contributed by atoms with E-state index in [-0.39, 0.29) is 10.8 Å². The van der Waals surface area contributed by atoms with Crippen molar-refractivity contribution < 1.29 is 9.47 Å². The molecule has 0 saturated carbocycles. The van der Waals surface area contributed by atoms with Gasteiger partial charge in [0.25, 0.3) is 0 Å². The molecule has 1 saturated heterocycles. The van der Waals surface area contributed by atoms with E-state index in [0.717, 1.165) is 22.3 Å². The van der Waals surface area contributed by atoms with E-state index in [1.165, 1.54) is 43.8 Å².